The average Bonchev–Trinajstić information content (AvgIpc) is 3.42. The van der Waals surface area contributed by atoms with Crippen LogP contribution in [0.4, 0.5) is 0 Å². The molecule has 154 valence electrons. The molecule has 0 unspecified atom stereocenters. The molecule has 0 radical (unpaired) electrons. The van der Waals surface area contributed by atoms with Crippen molar-refractivity contribution in [3.05, 3.63) is 71.6 Å². The van der Waals surface area contributed by atoms with Crippen molar-refractivity contribution in [2.45, 2.75) is 13.0 Å². The minimum absolute atomic E-state index is 0.0124. The molecule has 0 aliphatic heterocycles. The number of hydrogen-bond donors (Lipinski definition) is 1. The minimum Gasteiger partial charge on any atom is -0.497 e. The summed E-state index contributed by atoms with van der Waals surface area (Å²) in [7, 11) is 3.27. The fraction of sp³-hybridized carbons (Fsp3) is 0.208. The van der Waals surface area contributed by atoms with E-state index in [4.69, 9.17) is 9.47 Å². The second-order valence-electron chi connectivity index (χ2n) is 6.93. The van der Waals surface area contributed by atoms with Crippen LogP contribution in [0.5, 0.6) is 11.5 Å². The van der Waals surface area contributed by atoms with E-state index in [0.29, 0.717) is 13.0 Å². The van der Waals surface area contributed by atoms with E-state index in [1.807, 2.05) is 36.4 Å². The Morgan fingerprint density at radius 1 is 1.03 bits per heavy atom. The number of carbonyl (C=O) groups is 1. The smallest absolute Gasteiger partial charge is 0.239 e. The van der Waals surface area contributed by atoms with Crippen molar-refractivity contribution in [1.82, 2.24) is 9.88 Å². The van der Waals surface area contributed by atoms with Gasteiger partial charge in [-0.1, -0.05) is 30.3 Å². The van der Waals surface area contributed by atoms with E-state index < -0.39 is 0 Å². The molecule has 4 rings (SSSR count). The molecule has 0 spiro atoms. The molecule has 0 atom stereocenters. The van der Waals surface area contributed by atoms with Crippen LogP contribution in [0.25, 0.3) is 21.5 Å². The van der Waals surface area contributed by atoms with Gasteiger partial charge in [-0.05, 0) is 41.6 Å². The highest BCUT2D eigenvalue weighted by Gasteiger charge is 2.14. The van der Waals surface area contributed by atoms with Gasteiger partial charge in [-0.3, -0.25) is 4.79 Å². The van der Waals surface area contributed by atoms with Crippen molar-refractivity contribution in [1.29, 1.82) is 0 Å². The zero-order valence-electron chi connectivity index (χ0n) is 17.1. The SMILES string of the molecule is COc1ccc(CCNC(=O)Cn2c(-c3cccs3)cc3ccccc32)c(OC)c1. The van der Waals surface area contributed by atoms with Gasteiger partial charge >= 0.3 is 0 Å². The number of thiophene rings is 1. The monoisotopic (exact) mass is 420 g/mol. The number of rotatable bonds is 8. The molecule has 30 heavy (non-hydrogen) atoms. The largest absolute Gasteiger partial charge is 0.497 e. The Balaban J connectivity index is 1.46. The number of methoxy groups -OCH3 is 2. The van der Waals surface area contributed by atoms with Crippen LogP contribution in [0.2, 0.25) is 0 Å². The van der Waals surface area contributed by atoms with Gasteiger partial charge in [0.15, 0.2) is 0 Å². The first-order chi connectivity index (χ1) is 14.7. The Kier molecular flexibility index (Phi) is 6.05. The van der Waals surface area contributed by atoms with Gasteiger partial charge in [-0.15, -0.1) is 11.3 Å². The van der Waals surface area contributed by atoms with Crippen LogP contribution >= 0.6 is 11.3 Å². The van der Waals surface area contributed by atoms with Crippen molar-refractivity contribution in [2.24, 2.45) is 0 Å². The highest BCUT2D eigenvalue weighted by molar-refractivity contribution is 7.13. The molecule has 1 N–H and O–H groups in total. The minimum atomic E-state index is -0.0124. The van der Waals surface area contributed by atoms with Gasteiger partial charge in [-0.25, -0.2) is 0 Å². The average molecular weight is 421 g/mol. The number of ether oxygens (including phenoxy) is 2. The number of hydrogen-bond acceptors (Lipinski definition) is 4. The quantitative estimate of drug-likeness (QED) is 0.448. The molecule has 0 aliphatic rings. The summed E-state index contributed by atoms with van der Waals surface area (Å²) in [6.07, 6.45) is 0.684. The predicted octanol–water partition coefficient (Wildman–Crippen LogP) is 4.75. The Morgan fingerprint density at radius 3 is 2.67 bits per heavy atom. The molecular formula is C24H24N2O3S. The van der Waals surface area contributed by atoms with Crippen molar-refractivity contribution in [3.63, 3.8) is 0 Å². The van der Waals surface area contributed by atoms with Crippen molar-refractivity contribution in [3.8, 4) is 22.1 Å². The van der Waals surface area contributed by atoms with Crippen LogP contribution in [0.15, 0.2) is 66.0 Å². The maximum absolute atomic E-state index is 12.7. The summed E-state index contributed by atoms with van der Waals surface area (Å²) >= 11 is 1.68. The second-order valence-corrected chi connectivity index (χ2v) is 7.88. The number of nitrogens with zero attached hydrogens (tertiary/aromatic N) is 1. The summed E-state index contributed by atoms with van der Waals surface area (Å²) in [6.45, 7) is 0.815. The molecule has 0 saturated carbocycles. The topological polar surface area (TPSA) is 52.5 Å². The molecule has 1 amide bonds. The third-order valence-corrected chi connectivity index (χ3v) is 5.99. The summed E-state index contributed by atoms with van der Waals surface area (Å²) < 4.78 is 12.8. The van der Waals surface area contributed by atoms with Crippen molar-refractivity contribution < 1.29 is 14.3 Å². The highest BCUT2D eigenvalue weighted by Crippen LogP contribution is 2.31. The van der Waals surface area contributed by atoms with Crippen LogP contribution < -0.4 is 14.8 Å². The number of nitrogens with one attached hydrogen (secondary N) is 1. The molecule has 6 heteroatoms. The number of amides is 1. The van der Waals surface area contributed by atoms with Gasteiger partial charge in [0, 0.05) is 23.5 Å². The first-order valence-corrected chi connectivity index (χ1v) is 10.7. The predicted molar refractivity (Wildman–Crippen MR) is 122 cm³/mol. The van der Waals surface area contributed by atoms with E-state index in [0.717, 1.165) is 38.5 Å². The zero-order chi connectivity index (χ0) is 20.9. The first-order valence-electron chi connectivity index (χ1n) is 9.79. The lowest BCUT2D eigenvalue weighted by Crippen LogP contribution is -2.29. The molecular weight excluding hydrogens is 396 g/mol. The van der Waals surface area contributed by atoms with Crippen LogP contribution in [-0.4, -0.2) is 31.2 Å². The summed E-state index contributed by atoms with van der Waals surface area (Å²) in [5.74, 6) is 1.50. The Labute approximate surface area is 179 Å². The number of carbonyl (C=O) groups excluding carboxylic acids is 1. The number of aromatic nitrogens is 1. The van der Waals surface area contributed by atoms with Crippen molar-refractivity contribution >= 4 is 28.1 Å². The molecule has 2 aromatic carbocycles. The van der Waals surface area contributed by atoms with Gasteiger partial charge in [-0.2, -0.15) is 0 Å². The maximum Gasteiger partial charge on any atom is 0.239 e. The third kappa shape index (κ3) is 4.19. The molecule has 0 fully saturated rings. The summed E-state index contributed by atoms with van der Waals surface area (Å²) in [4.78, 5) is 13.9. The fourth-order valence-corrected chi connectivity index (χ4v) is 4.35. The highest BCUT2D eigenvalue weighted by atomic mass is 32.1. The Morgan fingerprint density at radius 2 is 1.90 bits per heavy atom. The van der Waals surface area contributed by atoms with E-state index >= 15 is 0 Å². The number of fused-ring (bicyclic) bond motifs is 1. The summed E-state index contributed by atoms with van der Waals surface area (Å²) in [5.41, 5.74) is 3.16. The van der Waals surface area contributed by atoms with Gasteiger partial charge in [0.2, 0.25) is 5.91 Å². The van der Waals surface area contributed by atoms with Crippen molar-refractivity contribution in [2.75, 3.05) is 20.8 Å². The lowest BCUT2D eigenvalue weighted by molar-refractivity contribution is -0.121. The van der Waals surface area contributed by atoms with Gasteiger partial charge in [0.25, 0.3) is 0 Å². The molecule has 2 aromatic heterocycles. The normalized spacial score (nSPS) is 10.9. The third-order valence-electron chi connectivity index (χ3n) is 5.10. The fourth-order valence-electron chi connectivity index (χ4n) is 3.60. The lowest BCUT2D eigenvalue weighted by atomic mass is 10.1. The summed E-state index contributed by atoms with van der Waals surface area (Å²) in [6, 6.07) is 20.2. The molecule has 2 heterocycles. The van der Waals surface area contributed by atoms with E-state index in [1.54, 1.807) is 25.6 Å². The van der Waals surface area contributed by atoms with E-state index in [1.165, 1.54) is 0 Å². The zero-order valence-corrected chi connectivity index (χ0v) is 17.9. The number of benzene rings is 2. The van der Waals surface area contributed by atoms with Crippen LogP contribution in [-0.2, 0) is 17.8 Å². The molecule has 0 saturated heterocycles. The second kappa shape index (κ2) is 9.05. The van der Waals surface area contributed by atoms with Gasteiger partial charge in [0.1, 0.15) is 18.0 Å². The van der Waals surface area contributed by atoms with Crippen LogP contribution in [0.3, 0.4) is 0 Å². The molecule has 0 bridgehead atoms. The van der Waals surface area contributed by atoms with Gasteiger partial charge in [0.05, 0.1) is 24.8 Å². The standard InChI is InChI=1S/C24H24N2O3S/c1-28-19-10-9-17(22(15-19)29-2)11-12-25-24(27)16-26-20-7-4-3-6-18(20)14-21(26)23-8-5-13-30-23/h3-10,13-15H,11-12,16H2,1-2H3,(H,25,27). The van der Waals surface area contributed by atoms with Crippen LogP contribution in [0.1, 0.15) is 5.56 Å². The van der Waals surface area contributed by atoms with E-state index in [2.05, 4.69) is 39.5 Å². The summed E-state index contributed by atoms with van der Waals surface area (Å²) in [5, 5.41) is 6.23. The molecule has 0 aliphatic carbocycles. The molecule has 5 nitrogen and oxygen atoms in total. The Hall–Kier alpha value is -3.25. The van der Waals surface area contributed by atoms with Gasteiger partial charge < -0.3 is 19.4 Å². The Bertz CT molecular complexity index is 1150. The van der Waals surface area contributed by atoms with E-state index in [9.17, 15) is 4.79 Å². The molecule has 4 aromatic rings. The first kappa shape index (κ1) is 20.0. The van der Waals surface area contributed by atoms with E-state index in [-0.39, 0.29) is 12.5 Å². The van der Waals surface area contributed by atoms with Crippen LogP contribution in [0, 0.1) is 0 Å². The lowest BCUT2D eigenvalue weighted by Gasteiger charge is -2.12. The maximum atomic E-state index is 12.7. The number of para-hydroxylation sites is 1.